The van der Waals surface area contributed by atoms with E-state index in [-0.39, 0.29) is 11.6 Å². The fraction of sp³-hybridized carbons (Fsp3) is 0.533. The van der Waals surface area contributed by atoms with E-state index in [4.69, 9.17) is 0 Å². The number of nitrogens with zero attached hydrogens (tertiary/aromatic N) is 1. The second-order valence-electron chi connectivity index (χ2n) is 5.02. The van der Waals surface area contributed by atoms with Gasteiger partial charge in [0.2, 0.25) is 0 Å². The molecule has 0 amide bonds. The van der Waals surface area contributed by atoms with Crippen LogP contribution < -0.4 is 0 Å². The summed E-state index contributed by atoms with van der Waals surface area (Å²) in [5.74, 6) is -0.256. The van der Waals surface area contributed by atoms with E-state index >= 15 is 0 Å². The van der Waals surface area contributed by atoms with Crippen molar-refractivity contribution in [1.82, 2.24) is 4.90 Å². The minimum absolute atomic E-state index is 0.0451. The van der Waals surface area contributed by atoms with Crippen LogP contribution in [0.4, 0.5) is 4.39 Å². The number of hydrogen-bond donors (Lipinski definition) is 0. The Kier molecular flexibility index (Phi) is 4.63. The standard InChI is InChI=1S/C15H22FNO/c1-6-17(7-2)15(4,5)14(18)13-9-8-12(16)10-11(13)3/h8-10H,6-7H2,1-5H3. The lowest BCUT2D eigenvalue weighted by molar-refractivity contribution is 0.0668. The molecule has 0 unspecified atom stereocenters. The molecule has 0 aromatic heterocycles. The third-order valence-corrected chi connectivity index (χ3v) is 3.54. The number of hydrogen-bond acceptors (Lipinski definition) is 2. The van der Waals surface area contributed by atoms with E-state index < -0.39 is 5.54 Å². The highest BCUT2D eigenvalue weighted by atomic mass is 19.1. The summed E-state index contributed by atoms with van der Waals surface area (Å²) < 4.78 is 13.1. The SMILES string of the molecule is CCN(CC)C(C)(C)C(=O)c1ccc(F)cc1C. The van der Waals surface area contributed by atoms with E-state index in [1.165, 1.54) is 12.1 Å². The zero-order valence-electron chi connectivity index (χ0n) is 11.9. The lowest BCUT2D eigenvalue weighted by atomic mass is 9.89. The predicted octanol–water partition coefficient (Wildman–Crippen LogP) is 3.44. The first-order chi connectivity index (χ1) is 8.34. The molecule has 0 atom stereocenters. The molecule has 0 N–H and O–H groups in total. The third-order valence-electron chi connectivity index (χ3n) is 3.54. The first kappa shape index (κ1) is 14.8. The Labute approximate surface area is 109 Å². The molecule has 0 aliphatic rings. The van der Waals surface area contributed by atoms with Crippen LogP contribution in [0.15, 0.2) is 18.2 Å². The Bertz CT molecular complexity index is 436. The second-order valence-corrected chi connectivity index (χ2v) is 5.02. The maximum atomic E-state index is 13.1. The van der Waals surface area contributed by atoms with Crippen LogP contribution in [0.5, 0.6) is 0 Å². The maximum absolute atomic E-state index is 13.1. The minimum atomic E-state index is -0.563. The summed E-state index contributed by atoms with van der Waals surface area (Å²) in [6.07, 6.45) is 0. The molecule has 1 aromatic carbocycles. The lowest BCUT2D eigenvalue weighted by Gasteiger charge is -2.36. The Morgan fingerprint density at radius 3 is 2.28 bits per heavy atom. The van der Waals surface area contributed by atoms with E-state index in [1.54, 1.807) is 13.0 Å². The van der Waals surface area contributed by atoms with Gasteiger partial charge < -0.3 is 0 Å². The van der Waals surface area contributed by atoms with Gasteiger partial charge >= 0.3 is 0 Å². The summed E-state index contributed by atoms with van der Waals surface area (Å²) >= 11 is 0. The summed E-state index contributed by atoms with van der Waals surface area (Å²) in [4.78, 5) is 14.7. The molecule has 1 aromatic rings. The quantitative estimate of drug-likeness (QED) is 0.747. The molecule has 100 valence electrons. The van der Waals surface area contributed by atoms with E-state index in [9.17, 15) is 9.18 Å². The molecule has 0 aliphatic heterocycles. The molecule has 0 spiro atoms. The molecule has 18 heavy (non-hydrogen) atoms. The average Bonchev–Trinajstić information content (AvgIpc) is 2.29. The van der Waals surface area contributed by atoms with Crippen molar-refractivity contribution in [2.75, 3.05) is 13.1 Å². The van der Waals surface area contributed by atoms with Crippen molar-refractivity contribution in [3.05, 3.63) is 35.1 Å². The number of aryl methyl sites for hydroxylation is 1. The van der Waals surface area contributed by atoms with Crippen LogP contribution in [-0.4, -0.2) is 29.3 Å². The molecule has 0 saturated heterocycles. The fourth-order valence-corrected chi connectivity index (χ4v) is 2.37. The van der Waals surface area contributed by atoms with E-state index in [1.807, 2.05) is 27.7 Å². The summed E-state index contributed by atoms with van der Waals surface area (Å²) in [6.45, 7) is 11.3. The Hall–Kier alpha value is -1.22. The number of likely N-dealkylation sites (N-methyl/N-ethyl adjacent to an activating group) is 1. The molecular weight excluding hydrogens is 229 g/mol. The number of benzene rings is 1. The number of carbonyl (C=O) groups is 1. The van der Waals surface area contributed by atoms with Crippen LogP contribution >= 0.6 is 0 Å². The molecular formula is C15H22FNO. The van der Waals surface area contributed by atoms with Gasteiger partial charge in [-0.2, -0.15) is 0 Å². The monoisotopic (exact) mass is 251 g/mol. The van der Waals surface area contributed by atoms with Crippen molar-refractivity contribution < 1.29 is 9.18 Å². The van der Waals surface area contributed by atoms with Gasteiger partial charge in [-0.1, -0.05) is 13.8 Å². The van der Waals surface area contributed by atoms with E-state index in [0.29, 0.717) is 11.1 Å². The summed E-state index contributed by atoms with van der Waals surface area (Å²) in [5, 5.41) is 0. The summed E-state index contributed by atoms with van der Waals surface area (Å²) in [5.41, 5.74) is 0.736. The highest BCUT2D eigenvalue weighted by Crippen LogP contribution is 2.22. The van der Waals surface area contributed by atoms with Crippen LogP contribution in [0.25, 0.3) is 0 Å². The number of rotatable bonds is 5. The van der Waals surface area contributed by atoms with Crippen molar-refractivity contribution in [3.8, 4) is 0 Å². The largest absolute Gasteiger partial charge is 0.292 e. The van der Waals surface area contributed by atoms with Gasteiger partial charge in [0.05, 0.1) is 5.54 Å². The van der Waals surface area contributed by atoms with Gasteiger partial charge in [0.15, 0.2) is 5.78 Å². The Morgan fingerprint density at radius 1 is 1.28 bits per heavy atom. The van der Waals surface area contributed by atoms with Crippen molar-refractivity contribution in [3.63, 3.8) is 0 Å². The van der Waals surface area contributed by atoms with Crippen LogP contribution in [0.2, 0.25) is 0 Å². The molecule has 0 fully saturated rings. The van der Waals surface area contributed by atoms with Crippen LogP contribution in [-0.2, 0) is 0 Å². The topological polar surface area (TPSA) is 20.3 Å². The molecule has 0 bridgehead atoms. The molecule has 3 heteroatoms. The maximum Gasteiger partial charge on any atom is 0.182 e. The molecule has 0 heterocycles. The number of Topliss-reactive ketones (excluding diaryl/α,β-unsaturated/α-hetero) is 1. The first-order valence-electron chi connectivity index (χ1n) is 6.40. The average molecular weight is 251 g/mol. The second kappa shape index (κ2) is 5.61. The molecule has 0 radical (unpaired) electrons. The highest BCUT2D eigenvalue weighted by Gasteiger charge is 2.34. The zero-order chi connectivity index (χ0) is 13.9. The van der Waals surface area contributed by atoms with Gasteiger partial charge in [-0.3, -0.25) is 9.69 Å². The van der Waals surface area contributed by atoms with Crippen LogP contribution in [0.3, 0.4) is 0 Å². The molecule has 1 rings (SSSR count). The third kappa shape index (κ3) is 2.78. The Morgan fingerprint density at radius 2 is 1.83 bits per heavy atom. The van der Waals surface area contributed by atoms with E-state index in [2.05, 4.69) is 4.90 Å². The van der Waals surface area contributed by atoms with Gasteiger partial charge in [-0.15, -0.1) is 0 Å². The van der Waals surface area contributed by atoms with Crippen molar-refractivity contribution in [1.29, 1.82) is 0 Å². The summed E-state index contributed by atoms with van der Waals surface area (Å²) in [6, 6.07) is 4.34. The van der Waals surface area contributed by atoms with Crippen LogP contribution in [0.1, 0.15) is 43.6 Å². The first-order valence-corrected chi connectivity index (χ1v) is 6.40. The van der Waals surface area contributed by atoms with E-state index in [0.717, 1.165) is 13.1 Å². The lowest BCUT2D eigenvalue weighted by Crippen LogP contribution is -2.50. The summed E-state index contributed by atoms with van der Waals surface area (Å²) in [7, 11) is 0. The van der Waals surface area contributed by atoms with Gasteiger partial charge in [-0.25, -0.2) is 4.39 Å². The van der Waals surface area contributed by atoms with Crippen molar-refractivity contribution in [2.24, 2.45) is 0 Å². The molecule has 0 aliphatic carbocycles. The van der Waals surface area contributed by atoms with Crippen LogP contribution in [0, 0.1) is 12.7 Å². The smallest absolute Gasteiger partial charge is 0.182 e. The van der Waals surface area contributed by atoms with Crippen molar-refractivity contribution in [2.45, 2.75) is 40.2 Å². The highest BCUT2D eigenvalue weighted by molar-refractivity contribution is 6.03. The minimum Gasteiger partial charge on any atom is -0.292 e. The van der Waals surface area contributed by atoms with Gasteiger partial charge in [0.25, 0.3) is 0 Å². The number of ketones is 1. The van der Waals surface area contributed by atoms with Gasteiger partial charge in [-0.05, 0) is 57.6 Å². The number of halogens is 1. The predicted molar refractivity (Wildman–Crippen MR) is 72.5 cm³/mol. The van der Waals surface area contributed by atoms with Gasteiger partial charge in [0.1, 0.15) is 5.82 Å². The normalized spacial score (nSPS) is 11.9. The molecule has 0 saturated carbocycles. The fourth-order valence-electron chi connectivity index (χ4n) is 2.37. The zero-order valence-corrected chi connectivity index (χ0v) is 11.9. The van der Waals surface area contributed by atoms with Crippen molar-refractivity contribution >= 4 is 5.78 Å². The number of carbonyl (C=O) groups excluding carboxylic acids is 1. The molecule has 2 nitrogen and oxygen atoms in total. The Balaban J connectivity index is 3.13. The van der Waals surface area contributed by atoms with Gasteiger partial charge in [0, 0.05) is 5.56 Å².